The van der Waals surface area contributed by atoms with Crippen molar-refractivity contribution >= 4 is 28.4 Å². The summed E-state index contributed by atoms with van der Waals surface area (Å²) in [7, 11) is 0. The largest absolute Gasteiger partial charge is 0.349 e. The second kappa shape index (κ2) is 8.67. The number of amides is 1. The Kier molecular flexibility index (Phi) is 5.81. The minimum Gasteiger partial charge on any atom is -0.349 e. The molecule has 3 aromatic carbocycles. The van der Waals surface area contributed by atoms with Crippen LogP contribution in [-0.2, 0) is 4.79 Å². The predicted octanol–water partition coefficient (Wildman–Crippen LogP) is 4.40. The lowest BCUT2D eigenvalue weighted by Gasteiger charge is -2.16. The summed E-state index contributed by atoms with van der Waals surface area (Å²) in [6.45, 7) is 6.05. The van der Waals surface area contributed by atoms with Crippen LogP contribution >= 0.6 is 11.8 Å². The third-order valence-corrected chi connectivity index (χ3v) is 6.01. The number of aromatic nitrogens is 4. The topological polar surface area (TPSA) is 72.7 Å². The zero-order valence-corrected chi connectivity index (χ0v) is 18.0. The molecule has 4 rings (SSSR count). The monoisotopic (exact) mass is 417 g/mol. The third-order valence-electron chi connectivity index (χ3n) is 5.09. The molecule has 1 heterocycles. The van der Waals surface area contributed by atoms with Crippen LogP contribution in [-0.4, -0.2) is 31.9 Å². The van der Waals surface area contributed by atoms with Crippen molar-refractivity contribution in [2.75, 3.05) is 5.75 Å². The number of rotatable bonds is 6. The van der Waals surface area contributed by atoms with E-state index in [2.05, 4.69) is 45.1 Å². The molecule has 6 nitrogen and oxygen atoms in total. The first kappa shape index (κ1) is 20.1. The van der Waals surface area contributed by atoms with Gasteiger partial charge in [-0.3, -0.25) is 4.79 Å². The Morgan fingerprint density at radius 2 is 1.73 bits per heavy atom. The zero-order chi connectivity index (χ0) is 21.1. The van der Waals surface area contributed by atoms with E-state index < -0.39 is 0 Å². The second-order valence-electron chi connectivity index (χ2n) is 7.26. The molecule has 4 aromatic rings. The lowest BCUT2D eigenvalue weighted by atomic mass is 10.00. The highest BCUT2D eigenvalue weighted by molar-refractivity contribution is 7.99. The van der Waals surface area contributed by atoms with Crippen molar-refractivity contribution in [3.63, 3.8) is 0 Å². The molecule has 0 aliphatic heterocycles. The van der Waals surface area contributed by atoms with E-state index in [1.165, 1.54) is 17.1 Å². The number of para-hydroxylation sites is 1. The second-order valence-corrected chi connectivity index (χ2v) is 8.20. The number of benzene rings is 3. The number of fused-ring (bicyclic) bond motifs is 1. The van der Waals surface area contributed by atoms with E-state index in [0.29, 0.717) is 5.16 Å². The molecular formula is C23H23N5OS. The van der Waals surface area contributed by atoms with Crippen LogP contribution in [0.25, 0.3) is 16.5 Å². The molecule has 1 N–H and O–H groups in total. The summed E-state index contributed by atoms with van der Waals surface area (Å²) >= 11 is 1.33. The Bertz CT molecular complexity index is 1180. The van der Waals surface area contributed by atoms with Gasteiger partial charge in [0, 0.05) is 0 Å². The van der Waals surface area contributed by atoms with Crippen molar-refractivity contribution < 1.29 is 4.79 Å². The number of carbonyl (C=O) groups is 1. The van der Waals surface area contributed by atoms with E-state index in [-0.39, 0.29) is 17.7 Å². The van der Waals surface area contributed by atoms with Gasteiger partial charge in [-0.25, -0.2) is 0 Å². The van der Waals surface area contributed by atoms with Gasteiger partial charge < -0.3 is 5.32 Å². The molecule has 1 aromatic heterocycles. The van der Waals surface area contributed by atoms with Crippen LogP contribution in [0.1, 0.15) is 29.7 Å². The average molecular weight is 418 g/mol. The fourth-order valence-corrected chi connectivity index (χ4v) is 4.36. The van der Waals surface area contributed by atoms with Crippen LogP contribution in [0.3, 0.4) is 0 Å². The Morgan fingerprint density at radius 3 is 2.53 bits per heavy atom. The molecule has 1 atom stereocenters. The van der Waals surface area contributed by atoms with Gasteiger partial charge in [0.05, 0.1) is 17.5 Å². The maximum absolute atomic E-state index is 12.6. The first-order chi connectivity index (χ1) is 14.5. The number of hydrogen-bond acceptors (Lipinski definition) is 5. The SMILES string of the molecule is Cc1cccc(C)c1-n1nnnc1SCC(=O)NC(C)c1cccc2ccccc12. The molecule has 7 heteroatoms. The maximum Gasteiger partial charge on any atom is 0.230 e. The van der Waals surface area contributed by atoms with E-state index in [1.54, 1.807) is 4.68 Å². The minimum atomic E-state index is -0.0983. The summed E-state index contributed by atoms with van der Waals surface area (Å²) in [5, 5.41) is 18.1. The molecule has 0 aliphatic rings. The Balaban J connectivity index is 1.46. The zero-order valence-electron chi connectivity index (χ0n) is 17.2. The van der Waals surface area contributed by atoms with Gasteiger partial charge in [0.1, 0.15) is 0 Å². The van der Waals surface area contributed by atoms with E-state index in [9.17, 15) is 4.79 Å². The summed E-state index contributed by atoms with van der Waals surface area (Å²) in [5.74, 6) is 0.178. The number of tetrazole rings is 1. The van der Waals surface area contributed by atoms with Crippen LogP contribution in [0.5, 0.6) is 0 Å². The molecule has 0 fully saturated rings. The molecular weight excluding hydrogens is 394 g/mol. The Morgan fingerprint density at radius 1 is 1.03 bits per heavy atom. The van der Waals surface area contributed by atoms with Gasteiger partial charge in [0.2, 0.25) is 11.1 Å². The summed E-state index contributed by atoms with van der Waals surface area (Å²) in [4.78, 5) is 12.6. The van der Waals surface area contributed by atoms with Crippen LogP contribution in [0.4, 0.5) is 0 Å². The van der Waals surface area contributed by atoms with Gasteiger partial charge in [0.15, 0.2) is 0 Å². The highest BCUT2D eigenvalue weighted by atomic mass is 32.2. The standard InChI is InChI=1S/C23H23N5OS/c1-15-8-6-9-16(2)22(15)28-23(25-26-27-28)30-14-21(29)24-17(3)19-13-7-11-18-10-4-5-12-20(18)19/h4-13,17H,14H2,1-3H3,(H,24,29). The van der Waals surface area contributed by atoms with Crippen molar-refractivity contribution in [1.29, 1.82) is 0 Å². The Hall–Kier alpha value is -3.19. The maximum atomic E-state index is 12.6. The summed E-state index contributed by atoms with van der Waals surface area (Å²) in [6.07, 6.45) is 0. The molecule has 0 saturated heterocycles. The Labute approximate surface area is 179 Å². The molecule has 0 spiro atoms. The highest BCUT2D eigenvalue weighted by Gasteiger charge is 2.16. The van der Waals surface area contributed by atoms with Crippen molar-refractivity contribution in [1.82, 2.24) is 25.5 Å². The van der Waals surface area contributed by atoms with Gasteiger partial charge in [-0.15, -0.1) is 5.10 Å². The van der Waals surface area contributed by atoms with Gasteiger partial charge in [-0.1, -0.05) is 72.4 Å². The minimum absolute atomic E-state index is 0.0588. The van der Waals surface area contributed by atoms with Gasteiger partial charge in [0.25, 0.3) is 0 Å². The predicted molar refractivity (Wildman–Crippen MR) is 120 cm³/mol. The van der Waals surface area contributed by atoms with Gasteiger partial charge in [-0.2, -0.15) is 4.68 Å². The average Bonchev–Trinajstić information content (AvgIpc) is 3.20. The van der Waals surface area contributed by atoms with E-state index in [4.69, 9.17) is 0 Å². The fourth-order valence-electron chi connectivity index (χ4n) is 3.67. The normalized spacial score (nSPS) is 12.1. The molecule has 0 radical (unpaired) electrons. The van der Waals surface area contributed by atoms with E-state index in [1.807, 2.05) is 57.2 Å². The van der Waals surface area contributed by atoms with Crippen molar-refractivity contribution in [2.24, 2.45) is 0 Å². The first-order valence-electron chi connectivity index (χ1n) is 9.79. The summed E-state index contributed by atoms with van der Waals surface area (Å²) < 4.78 is 1.71. The first-order valence-corrected chi connectivity index (χ1v) is 10.8. The van der Waals surface area contributed by atoms with Gasteiger partial charge >= 0.3 is 0 Å². The molecule has 0 aliphatic carbocycles. The number of aryl methyl sites for hydroxylation is 2. The van der Waals surface area contributed by atoms with Gasteiger partial charge in [-0.05, 0) is 58.7 Å². The molecule has 1 unspecified atom stereocenters. The molecule has 152 valence electrons. The number of hydrogen-bond donors (Lipinski definition) is 1. The summed E-state index contributed by atoms with van der Waals surface area (Å²) in [6, 6.07) is 20.3. The van der Waals surface area contributed by atoms with Crippen LogP contribution in [0.2, 0.25) is 0 Å². The van der Waals surface area contributed by atoms with Crippen LogP contribution in [0.15, 0.2) is 65.8 Å². The number of nitrogens with one attached hydrogen (secondary N) is 1. The molecule has 0 saturated carbocycles. The summed E-state index contributed by atoms with van der Waals surface area (Å²) in [5.41, 5.74) is 4.22. The third kappa shape index (κ3) is 4.07. The molecule has 30 heavy (non-hydrogen) atoms. The lowest BCUT2D eigenvalue weighted by Crippen LogP contribution is -2.28. The van der Waals surface area contributed by atoms with E-state index >= 15 is 0 Å². The smallest absolute Gasteiger partial charge is 0.230 e. The fraction of sp³-hybridized carbons (Fsp3) is 0.217. The lowest BCUT2D eigenvalue weighted by molar-refractivity contribution is -0.119. The van der Waals surface area contributed by atoms with Crippen molar-refractivity contribution in [3.8, 4) is 5.69 Å². The quantitative estimate of drug-likeness (QED) is 0.471. The van der Waals surface area contributed by atoms with Crippen LogP contribution in [0, 0.1) is 13.8 Å². The highest BCUT2D eigenvalue weighted by Crippen LogP contribution is 2.25. The van der Waals surface area contributed by atoms with Crippen molar-refractivity contribution in [3.05, 3.63) is 77.4 Å². The molecule has 0 bridgehead atoms. The van der Waals surface area contributed by atoms with E-state index in [0.717, 1.165) is 27.8 Å². The number of carbonyl (C=O) groups excluding carboxylic acids is 1. The molecule has 1 amide bonds. The van der Waals surface area contributed by atoms with Crippen LogP contribution < -0.4 is 5.32 Å². The number of nitrogens with zero attached hydrogens (tertiary/aromatic N) is 4. The number of thioether (sulfide) groups is 1. The van der Waals surface area contributed by atoms with Crippen molar-refractivity contribution in [2.45, 2.75) is 32.0 Å².